The Morgan fingerprint density at radius 2 is 1.71 bits per heavy atom. The van der Waals surface area contributed by atoms with Crippen molar-refractivity contribution in [2.24, 2.45) is 5.41 Å². The van der Waals surface area contributed by atoms with Crippen LogP contribution >= 0.6 is 10.7 Å². The van der Waals surface area contributed by atoms with E-state index in [2.05, 4.69) is 0 Å². The zero-order chi connectivity index (χ0) is 13.7. The first kappa shape index (κ1) is 16.5. The van der Waals surface area contributed by atoms with Gasteiger partial charge in [-0.1, -0.05) is 20.8 Å². The molecule has 0 bridgehead atoms. The van der Waals surface area contributed by atoms with Crippen LogP contribution in [0, 0.1) is 5.41 Å². The van der Waals surface area contributed by atoms with Crippen LogP contribution in [-0.4, -0.2) is 43.4 Å². The normalized spacial score (nSPS) is 16.4. The van der Waals surface area contributed by atoms with Gasteiger partial charge in [-0.3, -0.25) is 0 Å². The fourth-order valence-corrected chi connectivity index (χ4v) is 3.44. The molecule has 7 heteroatoms. The van der Waals surface area contributed by atoms with Crippen molar-refractivity contribution in [3.63, 3.8) is 0 Å². The maximum Gasteiger partial charge on any atom is 0.407 e. The third kappa shape index (κ3) is 10.4. The molecule has 1 saturated heterocycles. The number of halogens is 1. The number of carboxylic acid groups (broad SMARTS) is 1. The minimum Gasteiger partial charge on any atom is -0.465 e. The molecule has 102 valence electrons. The number of amides is 1. The van der Waals surface area contributed by atoms with Crippen molar-refractivity contribution in [3.8, 4) is 0 Å². The van der Waals surface area contributed by atoms with Crippen molar-refractivity contribution in [1.82, 2.24) is 4.90 Å². The summed E-state index contributed by atoms with van der Waals surface area (Å²) in [5.41, 5.74) is -0.236. The van der Waals surface area contributed by atoms with Gasteiger partial charge < -0.3 is 10.0 Å². The highest BCUT2D eigenvalue weighted by Gasteiger charge is 2.18. The number of likely N-dealkylation sites (tertiary alicyclic amines) is 1. The van der Waals surface area contributed by atoms with E-state index in [9.17, 15) is 13.2 Å². The first-order chi connectivity index (χ1) is 7.51. The summed E-state index contributed by atoms with van der Waals surface area (Å²) in [5.74, 6) is 0.0293. The number of rotatable bonds is 1. The van der Waals surface area contributed by atoms with Gasteiger partial charge in [-0.25, -0.2) is 13.2 Å². The number of nitrogens with zero attached hydrogens (tertiary/aromatic N) is 1. The molecule has 1 rings (SSSR count). The molecule has 0 aromatic rings. The summed E-state index contributed by atoms with van der Waals surface area (Å²) in [6.07, 6.45) is 1.29. The van der Waals surface area contributed by atoms with Gasteiger partial charge in [0.1, 0.15) is 0 Å². The Balaban J connectivity index is 0.000000302. The largest absolute Gasteiger partial charge is 0.465 e. The Morgan fingerprint density at radius 1 is 1.29 bits per heavy atom. The quantitative estimate of drug-likeness (QED) is 0.751. The summed E-state index contributed by atoms with van der Waals surface area (Å²) >= 11 is 0. The molecule has 1 aliphatic heterocycles. The second-order valence-electron chi connectivity index (χ2n) is 5.22. The predicted molar refractivity (Wildman–Crippen MR) is 67.9 cm³/mol. The molecule has 0 unspecified atom stereocenters. The molecular weight excluding hydrogens is 266 g/mol. The zero-order valence-corrected chi connectivity index (χ0v) is 12.0. The minimum absolute atomic E-state index is 0.0293. The first-order valence-electron chi connectivity index (χ1n) is 5.41. The summed E-state index contributed by atoms with van der Waals surface area (Å²) in [5, 5.41) is 8.34. The summed E-state index contributed by atoms with van der Waals surface area (Å²) in [6, 6.07) is 0. The monoisotopic (exact) mass is 285 g/mol. The topological polar surface area (TPSA) is 74.7 Å². The molecule has 0 spiro atoms. The molecule has 17 heavy (non-hydrogen) atoms. The third-order valence-corrected chi connectivity index (χ3v) is 3.52. The van der Waals surface area contributed by atoms with Crippen LogP contribution in [0.25, 0.3) is 0 Å². The Hall–Kier alpha value is -0.490. The Labute approximate surface area is 107 Å². The van der Waals surface area contributed by atoms with Gasteiger partial charge in [-0.2, -0.15) is 0 Å². The third-order valence-electron chi connectivity index (χ3n) is 1.98. The van der Waals surface area contributed by atoms with Gasteiger partial charge in [0.05, 0.1) is 5.75 Å². The molecule has 0 atom stereocenters. The van der Waals surface area contributed by atoms with Crippen molar-refractivity contribution in [2.45, 2.75) is 33.6 Å². The molecule has 1 heterocycles. The fourth-order valence-electron chi connectivity index (χ4n) is 1.43. The zero-order valence-electron chi connectivity index (χ0n) is 10.4. The van der Waals surface area contributed by atoms with Crippen LogP contribution in [0.3, 0.4) is 0 Å². The lowest BCUT2D eigenvalue weighted by Gasteiger charge is -2.14. The van der Waals surface area contributed by atoms with Crippen molar-refractivity contribution < 1.29 is 18.3 Å². The van der Waals surface area contributed by atoms with Crippen LogP contribution in [0.15, 0.2) is 0 Å². The van der Waals surface area contributed by atoms with E-state index in [1.807, 2.05) is 20.8 Å². The molecule has 1 aliphatic rings. The highest BCUT2D eigenvalue weighted by atomic mass is 35.7. The first-order valence-corrected chi connectivity index (χ1v) is 7.89. The molecule has 1 fully saturated rings. The lowest BCUT2D eigenvalue weighted by Crippen LogP contribution is -2.25. The van der Waals surface area contributed by atoms with E-state index < -0.39 is 15.1 Å². The molecule has 1 amide bonds. The Morgan fingerprint density at radius 3 is 1.82 bits per heavy atom. The number of carbonyl (C=O) groups is 1. The summed E-state index contributed by atoms with van der Waals surface area (Å²) in [4.78, 5) is 11.6. The van der Waals surface area contributed by atoms with Gasteiger partial charge in [0.15, 0.2) is 0 Å². The van der Waals surface area contributed by atoms with E-state index in [0.29, 0.717) is 0 Å². The highest BCUT2D eigenvalue weighted by molar-refractivity contribution is 8.13. The van der Waals surface area contributed by atoms with Crippen molar-refractivity contribution in [3.05, 3.63) is 0 Å². The summed E-state index contributed by atoms with van der Waals surface area (Å²) in [6.45, 7) is 6.94. The minimum atomic E-state index is -3.31. The average molecular weight is 286 g/mol. The van der Waals surface area contributed by atoms with E-state index in [-0.39, 0.29) is 11.2 Å². The lowest BCUT2D eigenvalue weighted by atomic mass is 10.0. The molecule has 0 radical (unpaired) electrons. The van der Waals surface area contributed by atoms with Gasteiger partial charge in [0.2, 0.25) is 9.05 Å². The smallest absolute Gasteiger partial charge is 0.407 e. The van der Waals surface area contributed by atoms with E-state index >= 15 is 0 Å². The molecule has 0 aliphatic carbocycles. The van der Waals surface area contributed by atoms with Crippen molar-refractivity contribution in [1.29, 1.82) is 0 Å². The molecule has 0 aromatic carbocycles. The highest BCUT2D eigenvalue weighted by Crippen LogP contribution is 2.17. The van der Waals surface area contributed by atoms with Crippen LogP contribution in [0.2, 0.25) is 0 Å². The van der Waals surface area contributed by atoms with E-state index in [1.54, 1.807) is 0 Å². The number of hydrogen-bond donors (Lipinski definition) is 1. The lowest BCUT2D eigenvalue weighted by molar-refractivity contribution is 0.156. The fraction of sp³-hybridized carbons (Fsp3) is 0.900. The predicted octanol–water partition coefficient (Wildman–Crippen LogP) is 2.36. The van der Waals surface area contributed by atoms with Crippen LogP contribution in [0.4, 0.5) is 4.79 Å². The van der Waals surface area contributed by atoms with Gasteiger partial charge in [-0.15, -0.1) is 0 Å². The second-order valence-corrected chi connectivity index (χ2v) is 8.00. The maximum atomic E-state index is 10.4. The van der Waals surface area contributed by atoms with Crippen molar-refractivity contribution in [2.75, 3.05) is 18.8 Å². The van der Waals surface area contributed by atoms with E-state index in [4.69, 9.17) is 15.8 Å². The van der Waals surface area contributed by atoms with E-state index in [1.165, 1.54) is 4.90 Å². The van der Waals surface area contributed by atoms with Crippen LogP contribution in [0.1, 0.15) is 33.6 Å². The van der Waals surface area contributed by atoms with Gasteiger partial charge in [0, 0.05) is 23.8 Å². The van der Waals surface area contributed by atoms with Gasteiger partial charge >= 0.3 is 6.09 Å². The summed E-state index contributed by atoms with van der Waals surface area (Å²) < 4.78 is 20.8. The van der Waals surface area contributed by atoms with Gasteiger partial charge in [-0.05, 0) is 18.3 Å². The maximum absolute atomic E-state index is 10.4. The number of hydrogen-bond acceptors (Lipinski definition) is 3. The summed E-state index contributed by atoms with van der Waals surface area (Å²) in [7, 11) is 1.68. The van der Waals surface area contributed by atoms with Crippen LogP contribution in [0.5, 0.6) is 0 Å². The molecule has 0 saturated carbocycles. The molecule has 1 N–H and O–H groups in total. The Bertz CT molecular complexity index is 342. The standard InChI is InChI=1S/C5H11ClO2S.C5H9NO2/c1-5(2,3)4-9(6,7)8;7-5(8)6-3-1-2-4-6/h4H2,1-3H3;1-4H2,(H,7,8). The molecule has 0 aromatic heterocycles. The SMILES string of the molecule is CC(C)(C)CS(=O)(=O)Cl.O=C(O)N1CCCC1. The molecule has 5 nitrogen and oxygen atoms in total. The average Bonchev–Trinajstić information content (AvgIpc) is 2.47. The van der Waals surface area contributed by atoms with Crippen LogP contribution < -0.4 is 0 Å². The Kier molecular flexibility index (Phi) is 6.26. The van der Waals surface area contributed by atoms with Crippen LogP contribution in [-0.2, 0) is 9.05 Å². The van der Waals surface area contributed by atoms with Gasteiger partial charge in [0.25, 0.3) is 0 Å². The second kappa shape index (κ2) is 6.44. The van der Waals surface area contributed by atoms with E-state index in [0.717, 1.165) is 25.9 Å². The molecular formula is C10H20ClNO4S. The van der Waals surface area contributed by atoms with Crippen molar-refractivity contribution >= 4 is 25.8 Å².